The molecule has 6 N–H and O–H groups in total. The SMILES string of the molecule is Cc1cc(C)c(C(=O)N[C@@H](CC(=O)O)C(=O)O)c(C)c1.[Al+3].[OH-].[OH-].[OH-]. The first kappa shape index (κ1) is 30.0. The van der Waals surface area contributed by atoms with Crippen LogP contribution in [0.2, 0.25) is 0 Å². The molecule has 0 saturated carbocycles. The summed E-state index contributed by atoms with van der Waals surface area (Å²) in [7, 11) is 0. The van der Waals surface area contributed by atoms with Crippen molar-refractivity contribution in [1.82, 2.24) is 5.32 Å². The summed E-state index contributed by atoms with van der Waals surface area (Å²) in [5.74, 6) is -3.23. The van der Waals surface area contributed by atoms with Crippen molar-refractivity contribution in [2.24, 2.45) is 0 Å². The quantitative estimate of drug-likeness (QED) is 0.628. The molecular weight excluding hydrogens is 337 g/mol. The summed E-state index contributed by atoms with van der Waals surface area (Å²) in [6, 6.07) is 2.18. The van der Waals surface area contributed by atoms with E-state index in [1.807, 2.05) is 19.1 Å². The number of hydrogen-bond acceptors (Lipinski definition) is 6. The molecule has 0 aliphatic rings. The van der Waals surface area contributed by atoms with Crippen molar-refractivity contribution < 1.29 is 41.0 Å². The van der Waals surface area contributed by atoms with Crippen LogP contribution in [0.15, 0.2) is 12.1 Å². The van der Waals surface area contributed by atoms with Crippen LogP contribution in [0.3, 0.4) is 0 Å². The van der Waals surface area contributed by atoms with Crippen molar-refractivity contribution in [3.05, 3.63) is 34.4 Å². The van der Waals surface area contributed by atoms with E-state index in [0.29, 0.717) is 5.56 Å². The minimum Gasteiger partial charge on any atom is -0.870 e. The summed E-state index contributed by atoms with van der Waals surface area (Å²) in [6.07, 6.45) is -0.662. The van der Waals surface area contributed by atoms with Crippen LogP contribution in [-0.2, 0) is 9.59 Å². The Bertz CT molecular complexity index is 553. The zero-order chi connectivity index (χ0) is 15.4. The second-order valence-corrected chi connectivity index (χ2v) is 4.74. The molecule has 0 aliphatic carbocycles. The van der Waals surface area contributed by atoms with Crippen molar-refractivity contribution in [2.75, 3.05) is 0 Å². The van der Waals surface area contributed by atoms with Crippen LogP contribution in [0, 0.1) is 20.8 Å². The average molecular weight is 357 g/mol. The van der Waals surface area contributed by atoms with Gasteiger partial charge in [-0.1, -0.05) is 17.7 Å². The molecule has 1 rings (SSSR count). The van der Waals surface area contributed by atoms with Gasteiger partial charge in [0, 0.05) is 5.56 Å². The number of amides is 1. The van der Waals surface area contributed by atoms with Crippen molar-refractivity contribution >= 4 is 35.2 Å². The van der Waals surface area contributed by atoms with E-state index in [0.717, 1.165) is 16.7 Å². The number of benzene rings is 1. The van der Waals surface area contributed by atoms with Crippen LogP contribution in [-0.4, -0.2) is 67.9 Å². The Labute approximate surface area is 149 Å². The van der Waals surface area contributed by atoms with Gasteiger partial charge in [-0.3, -0.25) is 9.59 Å². The number of aryl methyl sites for hydroxylation is 3. The molecule has 10 heteroatoms. The first-order chi connectivity index (χ1) is 9.22. The topological polar surface area (TPSA) is 194 Å². The molecule has 24 heavy (non-hydrogen) atoms. The van der Waals surface area contributed by atoms with Gasteiger partial charge < -0.3 is 32.0 Å². The van der Waals surface area contributed by atoms with Crippen LogP contribution in [0.5, 0.6) is 0 Å². The molecule has 0 fully saturated rings. The van der Waals surface area contributed by atoms with Gasteiger partial charge in [0.15, 0.2) is 0 Å². The molecule has 0 saturated heterocycles. The normalized spacial score (nSPS) is 9.79. The molecule has 0 spiro atoms. The Kier molecular flexibility index (Phi) is 15.6. The Balaban J connectivity index is -0.000000500. The third-order valence-corrected chi connectivity index (χ3v) is 2.89. The average Bonchev–Trinajstić information content (AvgIpc) is 2.25. The summed E-state index contributed by atoms with van der Waals surface area (Å²) in [5.41, 5.74) is 2.82. The van der Waals surface area contributed by atoms with Gasteiger partial charge in [0.1, 0.15) is 6.04 Å². The predicted octanol–water partition coefficient (Wildman–Crippen LogP) is 0.358. The van der Waals surface area contributed by atoms with E-state index in [9.17, 15) is 14.4 Å². The summed E-state index contributed by atoms with van der Waals surface area (Å²) in [6.45, 7) is 5.40. The summed E-state index contributed by atoms with van der Waals surface area (Å²) >= 11 is 0. The van der Waals surface area contributed by atoms with Gasteiger partial charge in [-0.2, -0.15) is 0 Å². The van der Waals surface area contributed by atoms with Crippen molar-refractivity contribution in [1.29, 1.82) is 0 Å². The van der Waals surface area contributed by atoms with E-state index < -0.39 is 30.3 Å². The second-order valence-electron chi connectivity index (χ2n) is 4.74. The van der Waals surface area contributed by atoms with Crippen LogP contribution in [0.4, 0.5) is 0 Å². The first-order valence-electron chi connectivity index (χ1n) is 6.05. The standard InChI is InChI=1S/C14H17NO5.Al.3H2O/c1-7-4-8(2)12(9(3)5-7)13(18)15-10(14(19)20)6-11(16)17;;;;/h4-5,10H,6H2,1-3H3,(H,15,18)(H,16,17)(H,19,20);;3*1H2/q;+3;;;/p-3/t10-;;;;/m0..../s1. The number of nitrogens with one attached hydrogen (secondary N) is 1. The number of carbonyl (C=O) groups excluding carboxylic acids is 1. The van der Waals surface area contributed by atoms with Gasteiger partial charge in [-0.05, 0) is 31.9 Å². The Hall–Kier alpha value is -1.96. The van der Waals surface area contributed by atoms with Gasteiger partial charge in [-0.25, -0.2) is 4.79 Å². The Morgan fingerprint density at radius 3 is 1.75 bits per heavy atom. The maximum Gasteiger partial charge on any atom is 3.00 e. The van der Waals surface area contributed by atoms with Crippen molar-refractivity contribution in [3.8, 4) is 0 Å². The molecule has 1 amide bonds. The predicted molar refractivity (Wildman–Crippen MR) is 83.4 cm³/mol. The van der Waals surface area contributed by atoms with Gasteiger partial charge in [0.25, 0.3) is 5.91 Å². The van der Waals surface area contributed by atoms with E-state index in [2.05, 4.69) is 5.32 Å². The fraction of sp³-hybridized carbons (Fsp3) is 0.357. The maximum absolute atomic E-state index is 12.1. The minimum absolute atomic E-state index is 0. The molecule has 132 valence electrons. The third kappa shape index (κ3) is 8.05. The summed E-state index contributed by atoms with van der Waals surface area (Å²) in [4.78, 5) is 33.7. The zero-order valence-corrected chi connectivity index (χ0v) is 14.6. The van der Waals surface area contributed by atoms with Crippen molar-refractivity contribution in [2.45, 2.75) is 33.2 Å². The largest absolute Gasteiger partial charge is 3.00 e. The monoisotopic (exact) mass is 357 g/mol. The fourth-order valence-corrected chi connectivity index (χ4v) is 2.14. The van der Waals surface area contributed by atoms with E-state index in [4.69, 9.17) is 10.2 Å². The third-order valence-electron chi connectivity index (χ3n) is 2.89. The van der Waals surface area contributed by atoms with E-state index in [1.54, 1.807) is 13.8 Å². The number of carbonyl (C=O) groups is 3. The molecule has 0 radical (unpaired) electrons. The molecule has 1 atom stereocenters. The number of aliphatic carboxylic acids is 2. The number of carboxylic acids is 2. The van der Waals surface area contributed by atoms with Crippen LogP contribution >= 0.6 is 0 Å². The molecule has 0 aliphatic heterocycles. The molecule has 1 aromatic carbocycles. The number of carboxylic acid groups (broad SMARTS) is 2. The minimum atomic E-state index is -1.44. The zero-order valence-electron chi connectivity index (χ0n) is 13.5. The van der Waals surface area contributed by atoms with E-state index >= 15 is 0 Å². The Morgan fingerprint density at radius 2 is 1.42 bits per heavy atom. The maximum atomic E-state index is 12.1. The van der Waals surface area contributed by atoms with Crippen LogP contribution < -0.4 is 5.32 Å². The summed E-state index contributed by atoms with van der Waals surface area (Å²) < 4.78 is 0. The van der Waals surface area contributed by atoms with Crippen LogP contribution in [0.1, 0.15) is 33.5 Å². The molecule has 0 aromatic heterocycles. The van der Waals surface area contributed by atoms with E-state index in [1.165, 1.54) is 0 Å². The fourth-order valence-electron chi connectivity index (χ4n) is 2.14. The molecule has 0 heterocycles. The molecule has 0 unspecified atom stereocenters. The molecular formula is C14H20AlNO8. The van der Waals surface area contributed by atoms with Crippen molar-refractivity contribution in [3.63, 3.8) is 0 Å². The van der Waals surface area contributed by atoms with E-state index in [-0.39, 0.29) is 33.8 Å². The second kappa shape index (κ2) is 12.5. The Morgan fingerprint density at radius 1 is 1.00 bits per heavy atom. The van der Waals surface area contributed by atoms with Gasteiger partial charge in [0.05, 0.1) is 6.42 Å². The molecule has 9 nitrogen and oxygen atoms in total. The molecule has 1 aromatic rings. The van der Waals surface area contributed by atoms with Gasteiger partial charge in [-0.15, -0.1) is 0 Å². The molecule has 0 bridgehead atoms. The van der Waals surface area contributed by atoms with Crippen LogP contribution in [0.25, 0.3) is 0 Å². The number of rotatable bonds is 5. The van der Waals surface area contributed by atoms with Gasteiger partial charge >= 0.3 is 29.3 Å². The van der Waals surface area contributed by atoms with Gasteiger partial charge in [0.2, 0.25) is 0 Å². The number of hydrogen-bond donors (Lipinski definition) is 3. The summed E-state index contributed by atoms with van der Waals surface area (Å²) in [5, 5.41) is 19.8. The smallest absolute Gasteiger partial charge is 0.870 e. The first-order valence-corrected chi connectivity index (χ1v) is 6.05.